The van der Waals surface area contributed by atoms with Gasteiger partial charge in [0, 0.05) is 6.08 Å². The fraction of sp³-hybridized carbons (Fsp3) is 0.250. The highest BCUT2D eigenvalue weighted by Gasteiger charge is 2.15. The summed E-state index contributed by atoms with van der Waals surface area (Å²) in [4.78, 5) is 9.25. The summed E-state index contributed by atoms with van der Waals surface area (Å²) in [7, 11) is -9.24. The Hall–Kier alpha value is -0.970. The number of rotatable bonds is 3. The predicted octanol–water partition coefficient (Wildman–Crippen LogP) is -1.02. The highest BCUT2D eigenvalue weighted by Crippen LogP contribution is 1.88. The third-order valence-electron chi connectivity index (χ3n) is 0.472. The Morgan fingerprint density at radius 1 is 1.14 bits per heavy atom. The van der Waals surface area contributed by atoms with Crippen LogP contribution in [-0.4, -0.2) is 42.1 Å². The molecule has 14 heavy (non-hydrogen) atoms. The first-order chi connectivity index (χ1) is 5.98. The molecule has 0 spiro atoms. The summed E-state index contributed by atoms with van der Waals surface area (Å²) in [5.74, 6) is -0.981. The van der Waals surface area contributed by atoms with Crippen LogP contribution in [0.1, 0.15) is 0 Å². The first kappa shape index (κ1) is 15.5. The van der Waals surface area contributed by atoms with Gasteiger partial charge in [-0.2, -0.15) is 16.8 Å². The molecular weight excluding hydrogens is 240 g/mol. The average Bonchev–Trinajstić information content (AvgIpc) is 1.80. The van der Waals surface area contributed by atoms with E-state index in [1.807, 2.05) is 0 Å². The Kier molecular flexibility index (Phi) is 6.31. The van der Waals surface area contributed by atoms with Crippen molar-refractivity contribution < 1.29 is 35.8 Å². The molecule has 0 radical (unpaired) electrons. The van der Waals surface area contributed by atoms with Crippen LogP contribution < -0.4 is 0 Å². The molecule has 8 nitrogen and oxygen atoms in total. The second kappa shape index (κ2) is 5.70. The molecule has 3 N–H and O–H groups in total. The van der Waals surface area contributed by atoms with Crippen molar-refractivity contribution >= 4 is 26.2 Å². The van der Waals surface area contributed by atoms with E-state index in [-0.39, 0.29) is 0 Å². The topological polar surface area (TPSA) is 146 Å². The fourth-order valence-electron chi connectivity index (χ4n) is 0.188. The zero-order valence-electron chi connectivity index (χ0n) is 6.69. The standard InChI is InChI=1S/C3H4O2.CH4O6S2/c1-2-3(4)5;2-8(3,4)1-9(5,6)7/h2H,1H2,(H,4,5);1H2,(H,2,3,4)(H,5,6,7). The Balaban J connectivity index is 0. The lowest BCUT2D eigenvalue weighted by Gasteiger charge is -1.89. The fourth-order valence-corrected chi connectivity index (χ4v) is 1.69. The summed E-state index contributed by atoms with van der Waals surface area (Å²) in [5, 5.41) is 5.95. The van der Waals surface area contributed by atoms with Crippen LogP contribution in [0.5, 0.6) is 0 Å². The second-order valence-corrected chi connectivity index (χ2v) is 5.09. The monoisotopic (exact) mass is 248 g/mol. The Labute approximate surface area is 80.4 Å². The lowest BCUT2D eigenvalue weighted by molar-refractivity contribution is -0.131. The molecule has 0 saturated heterocycles. The molecule has 0 aliphatic rings. The molecule has 0 fully saturated rings. The number of carboxylic acid groups (broad SMARTS) is 1. The molecule has 0 atom stereocenters. The van der Waals surface area contributed by atoms with Crippen LogP contribution in [-0.2, 0) is 25.0 Å². The summed E-state index contributed by atoms with van der Waals surface area (Å²) in [6.45, 7) is 2.96. The highest BCUT2D eigenvalue weighted by atomic mass is 32.3. The SMILES string of the molecule is C=CC(=O)O.O=S(=O)(O)CS(=O)(=O)O. The zero-order chi connectivity index (χ0) is 12.0. The van der Waals surface area contributed by atoms with Crippen LogP contribution in [0.4, 0.5) is 0 Å². The minimum atomic E-state index is -4.62. The molecule has 0 bridgehead atoms. The van der Waals surface area contributed by atoms with Crippen molar-refractivity contribution in [3.63, 3.8) is 0 Å². The summed E-state index contributed by atoms with van der Waals surface area (Å²) in [6.07, 6.45) is 0.833. The van der Waals surface area contributed by atoms with Gasteiger partial charge in [-0.3, -0.25) is 9.11 Å². The number of carbonyl (C=O) groups is 1. The smallest absolute Gasteiger partial charge is 0.327 e. The van der Waals surface area contributed by atoms with E-state index in [1.54, 1.807) is 0 Å². The van der Waals surface area contributed by atoms with Gasteiger partial charge >= 0.3 is 5.97 Å². The summed E-state index contributed by atoms with van der Waals surface area (Å²) in [5.41, 5.74) is 0. The lowest BCUT2D eigenvalue weighted by Crippen LogP contribution is -2.13. The molecule has 0 amide bonds. The zero-order valence-corrected chi connectivity index (χ0v) is 8.32. The first-order valence-electron chi connectivity index (χ1n) is 2.73. The summed E-state index contributed by atoms with van der Waals surface area (Å²) < 4.78 is 54.2. The van der Waals surface area contributed by atoms with Crippen molar-refractivity contribution in [3.05, 3.63) is 12.7 Å². The Morgan fingerprint density at radius 3 is 1.36 bits per heavy atom. The number of hydrogen-bond donors (Lipinski definition) is 3. The van der Waals surface area contributed by atoms with E-state index in [2.05, 4.69) is 6.58 Å². The van der Waals surface area contributed by atoms with E-state index in [4.69, 9.17) is 14.2 Å². The quantitative estimate of drug-likeness (QED) is 0.424. The maximum Gasteiger partial charge on any atom is 0.327 e. The minimum Gasteiger partial charge on any atom is -0.478 e. The van der Waals surface area contributed by atoms with Crippen LogP contribution in [0.25, 0.3) is 0 Å². The average molecular weight is 248 g/mol. The normalized spacial score (nSPS) is 11.0. The van der Waals surface area contributed by atoms with Crippen LogP contribution in [0.2, 0.25) is 0 Å². The van der Waals surface area contributed by atoms with Crippen molar-refractivity contribution in [2.75, 3.05) is 5.08 Å². The van der Waals surface area contributed by atoms with Crippen LogP contribution in [0.3, 0.4) is 0 Å². The van der Waals surface area contributed by atoms with Crippen molar-refractivity contribution in [3.8, 4) is 0 Å². The van der Waals surface area contributed by atoms with Crippen LogP contribution in [0, 0.1) is 0 Å². The molecular formula is C4H8O8S2. The molecule has 0 heterocycles. The van der Waals surface area contributed by atoms with Gasteiger partial charge in [0.25, 0.3) is 20.2 Å². The van der Waals surface area contributed by atoms with E-state index in [1.165, 1.54) is 0 Å². The summed E-state index contributed by atoms with van der Waals surface area (Å²) in [6, 6.07) is 0. The van der Waals surface area contributed by atoms with Gasteiger partial charge in [-0.05, 0) is 0 Å². The molecule has 0 unspecified atom stereocenters. The molecule has 0 aliphatic carbocycles. The number of hydrogen-bond acceptors (Lipinski definition) is 5. The van der Waals surface area contributed by atoms with Gasteiger partial charge in [-0.1, -0.05) is 6.58 Å². The maximum absolute atomic E-state index is 9.66. The van der Waals surface area contributed by atoms with E-state index in [0.717, 1.165) is 6.08 Å². The minimum absolute atomic E-state index is 0.833. The molecule has 0 aromatic carbocycles. The van der Waals surface area contributed by atoms with Crippen LogP contribution in [0.15, 0.2) is 12.7 Å². The van der Waals surface area contributed by atoms with Gasteiger partial charge in [0.05, 0.1) is 0 Å². The first-order valence-corrected chi connectivity index (χ1v) is 5.95. The molecule has 0 aliphatic heterocycles. The molecule has 84 valence electrons. The van der Waals surface area contributed by atoms with E-state index in [9.17, 15) is 21.6 Å². The van der Waals surface area contributed by atoms with Gasteiger partial charge in [-0.25, -0.2) is 4.79 Å². The molecule has 0 saturated carbocycles. The largest absolute Gasteiger partial charge is 0.478 e. The second-order valence-electron chi connectivity index (χ2n) is 1.82. The lowest BCUT2D eigenvalue weighted by atomic mass is 10.7. The Morgan fingerprint density at radius 2 is 1.36 bits per heavy atom. The van der Waals surface area contributed by atoms with Crippen molar-refractivity contribution in [1.82, 2.24) is 0 Å². The third kappa shape index (κ3) is 22.5. The van der Waals surface area contributed by atoms with Crippen molar-refractivity contribution in [2.45, 2.75) is 0 Å². The number of aliphatic carboxylic acids is 1. The van der Waals surface area contributed by atoms with Crippen molar-refractivity contribution in [2.24, 2.45) is 0 Å². The molecule has 0 aromatic rings. The van der Waals surface area contributed by atoms with E-state index in [0.29, 0.717) is 0 Å². The van der Waals surface area contributed by atoms with E-state index >= 15 is 0 Å². The van der Waals surface area contributed by atoms with Gasteiger partial charge in [0.15, 0.2) is 0 Å². The van der Waals surface area contributed by atoms with E-state index < -0.39 is 31.3 Å². The van der Waals surface area contributed by atoms with Gasteiger partial charge in [0.2, 0.25) is 5.08 Å². The Bertz CT molecular complexity index is 357. The highest BCUT2D eigenvalue weighted by molar-refractivity contribution is 8.02. The molecule has 10 heteroatoms. The number of carboxylic acids is 1. The predicted molar refractivity (Wildman–Crippen MR) is 45.8 cm³/mol. The van der Waals surface area contributed by atoms with Gasteiger partial charge < -0.3 is 5.11 Å². The molecule has 0 aromatic heterocycles. The van der Waals surface area contributed by atoms with Crippen molar-refractivity contribution in [1.29, 1.82) is 0 Å². The molecule has 0 rings (SSSR count). The maximum atomic E-state index is 9.66. The van der Waals surface area contributed by atoms with Crippen LogP contribution >= 0.6 is 0 Å². The van der Waals surface area contributed by atoms with Gasteiger partial charge in [0.1, 0.15) is 0 Å². The third-order valence-corrected chi connectivity index (χ3v) is 2.86. The summed E-state index contributed by atoms with van der Waals surface area (Å²) >= 11 is 0. The van der Waals surface area contributed by atoms with Gasteiger partial charge in [-0.15, -0.1) is 0 Å².